The van der Waals surface area contributed by atoms with Crippen LogP contribution in [0, 0.1) is 0 Å². The molecule has 1 aromatic carbocycles. The van der Waals surface area contributed by atoms with Crippen LogP contribution in [-0.2, 0) is 12.0 Å². The Morgan fingerprint density at radius 2 is 1.74 bits per heavy atom. The van der Waals surface area contributed by atoms with Crippen molar-refractivity contribution in [2.24, 2.45) is 5.73 Å². The molecule has 0 radical (unpaired) electrons. The molecule has 1 saturated heterocycles. The number of hydrogen-bond donors (Lipinski definition) is 1. The Morgan fingerprint density at radius 3 is 2.37 bits per heavy atom. The smallest absolute Gasteiger partial charge is 0.0236 e. The fourth-order valence-corrected chi connectivity index (χ4v) is 3.72. The molecule has 19 heavy (non-hydrogen) atoms. The Hall–Kier alpha value is -0.860. The van der Waals surface area contributed by atoms with Gasteiger partial charge in [0.25, 0.3) is 0 Å². The first kappa shape index (κ1) is 13.1. The summed E-state index contributed by atoms with van der Waals surface area (Å²) in [5, 5.41) is 0. The minimum absolute atomic E-state index is 0.298. The average molecular weight is 258 g/mol. The first-order valence-corrected chi connectivity index (χ1v) is 7.85. The number of likely N-dealkylation sites (tertiary alicyclic amines) is 1. The lowest BCUT2D eigenvalue weighted by Gasteiger charge is -2.43. The third-order valence-corrected chi connectivity index (χ3v) is 5.13. The lowest BCUT2D eigenvalue weighted by Crippen LogP contribution is -2.42. The number of piperidine rings is 1. The van der Waals surface area contributed by atoms with E-state index in [-0.39, 0.29) is 0 Å². The monoisotopic (exact) mass is 258 g/mol. The molecule has 1 aliphatic carbocycles. The highest BCUT2D eigenvalue weighted by molar-refractivity contribution is 5.36. The number of benzene rings is 1. The zero-order valence-electron chi connectivity index (χ0n) is 11.9. The molecule has 104 valence electrons. The second-order valence-corrected chi connectivity index (χ2v) is 6.33. The summed E-state index contributed by atoms with van der Waals surface area (Å²) in [5.41, 5.74) is 9.45. The summed E-state index contributed by atoms with van der Waals surface area (Å²) >= 11 is 0. The molecule has 2 aliphatic rings. The zero-order valence-corrected chi connectivity index (χ0v) is 11.9. The van der Waals surface area contributed by atoms with E-state index in [2.05, 4.69) is 29.2 Å². The van der Waals surface area contributed by atoms with Crippen molar-refractivity contribution >= 4 is 0 Å². The number of hydrogen-bond acceptors (Lipinski definition) is 2. The van der Waals surface area contributed by atoms with Crippen molar-refractivity contribution in [3.63, 3.8) is 0 Å². The molecule has 0 bridgehead atoms. The van der Waals surface area contributed by atoms with E-state index in [0.717, 1.165) is 13.1 Å². The normalized spacial score (nSPS) is 23.0. The van der Waals surface area contributed by atoms with E-state index in [0.29, 0.717) is 5.41 Å². The molecule has 2 fully saturated rings. The molecule has 0 amide bonds. The maximum Gasteiger partial charge on any atom is 0.0236 e. The van der Waals surface area contributed by atoms with Crippen LogP contribution in [0.3, 0.4) is 0 Å². The summed E-state index contributed by atoms with van der Waals surface area (Å²) < 4.78 is 0. The molecule has 2 N–H and O–H groups in total. The second-order valence-electron chi connectivity index (χ2n) is 6.33. The van der Waals surface area contributed by atoms with Gasteiger partial charge in [-0.05, 0) is 49.9 Å². The van der Waals surface area contributed by atoms with Gasteiger partial charge in [-0.3, -0.25) is 4.90 Å². The zero-order chi connectivity index (χ0) is 13.1. The van der Waals surface area contributed by atoms with Crippen LogP contribution in [0.25, 0.3) is 0 Å². The molecule has 0 spiro atoms. The van der Waals surface area contributed by atoms with Gasteiger partial charge < -0.3 is 5.73 Å². The Morgan fingerprint density at radius 1 is 1.00 bits per heavy atom. The highest BCUT2D eigenvalue weighted by Crippen LogP contribution is 2.44. The first-order valence-electron chi connectivity index (χ1n) is 7.85. The van der Waals surface area contributed by atoms with E-state index in [4.69, 9.17) is 5.73 Å². The molecule has 3 rings (SSSR count). The Bertz CT molecular complexity index is 412. The van der Waals surface area contributed by atoms with Gasteiger partial charge in [-0.1, -0.05) is 37.1 Å². The van der Waals surface area contributed by atoms with Crippen LogP contribution in [0.5, 0.6) is 0 Å². The van der Waals surface area contributed by atoms with Crippen molar-refractivity contribution in [1.82, 2.24) is 4.90 Å². The summed E-state index contributed by atoms with van der Waals surface area (Å²) in [6.07, 6.45) is 8.04. The maximum atomic E-state index is 6.09. The average Bonchev–Trinajstić information content (AvgIpc) is 2.41. The van der Waals surface area contributed by atoms with Gasteiger partial charge in [-0.25, -0.2) is 0 Å². The van der Waals surface area contributed by atoms with Gasteiger partial charge >= 0.3 is 0 Å². The molecular formula is C17H26N2. The van der Waals surface area contributed by atoms with Gasteiger partial charge in [0.15, 0.2) is 0 Å². The van der Waals surface area contributed by atoms with Gasteiger partial charge in [0.1, 0.15) is 0 Å². The van der Waals surface area contributed by atoms with Gasteiger partial charge in [0.05, 0.1) is 0 Å². The molecule has 2 nitrogen and oxygen atoms in total. The summed E-state index contributed by atoms with van der Waals surface area (Å²) in [6.45, 7) is 4.47. The predicted octanol–water partition coefficient (Wildman–Crippen LogP) is 3.05. The summed E-state index contributed by atoms with van der Waals surface area (Å²) in [4.78, 5) is 2.62. The number of rotatable bonds is 4. The highest BCUT2D eigenvalue weighted by atomic mass is 15.1. The Labute approximate surface area is 117 Å². The van der Waals surface area contributed by atoms with Gasteiger partial charge in [0, 0.05) is 18.5 Å². The quantitative estimate of drug-likeness (QED) is 0.899. The second kappa shape index (κ2) is 5.64. The van der Waals surface area contributed by atoms with Crippen LogP contribution in [0.2, 0.25) is 0 Å². The van der Waals surface area contributed by atoms with E-state index >= 15 is 0 Å². The van der Waals surface area contributed by atoms with Crippen molar-refractivity contribution < 1.29 is 0 Å². The van der Waals surface area contributed by atoms with Crippen molar-refractivity contribution in [3.8, 4) is 0 Å². The van der Waals surface area contributed by atoms with Gasteiger partial charge in [-0.2, -0.15) is 0 Å². The molecular weight excluding hydrogens is 232 g/mol. The van der Waals surface area contributed by atoms with E-state index < -0.39 is 0 Å². The van der Waals surface area contributed by atoms with E-state index in [1.165, 1.54) is 62.7 Å². The minimum Gasteiger partial charge on any atom is -0.330 e. The van der Waals surface area contributed by atoms with E-state index in [1.807, 2.05) is 0 Å². The van der Waals surface area contributed by atoms with Crippen LogP contribution in [-0.4, -0.2) is 24.5 Å². The van der Waals surface area contributed by atoms with Gasteiger partial charge in [-0.15, -0.1) is 0 Å². The van der Waals surface area contributed by atoms with Crippen molar-refractivity contribution in [3.05, 3.63) is 35.4 Å². The fraction of sp³-hybridized carbons (Fsp3) is 0.647. The number of nitrogens with zero attached hydrogens (tertiary/aromatic N) is 1. The Balaban J connectivity index is 1.80. The van der Waals surface area contributed by atoms with Crippen molar-refractivity contribution in [2.75, 3.05) is 19.6 Å². The molecule has 2 heteroatoms. The topological polar surface area (TPSA) is 29.3 Å². The SMILES string of the molecule is NCC1(c2ccccc2CN2CCCCC2)CCC1. The van der Waals surface area contributed by atoms with Crippen LogP contribution in [0.1, 0.15) is 49.7 Å². The van der Waals surface area contributed by atoms with Crippen molar-refractivity contribution in [2.45, 2.75) is 50.5 Å². The van der Waals surface area contributed by atoms with Crippen LogP contribution in [0.15, 0.2) is 24.3 Å². The third-order valence-electron chi connectivity index (χ3n) is 5.13. The fourth-order valence-electron chi connectivity index (χ4n) is 3.72. The third kappa shape index (κ3) is 2.56. The Kier molecular flexibility index (Phi) is 3.90. The van der Waals surface area contributed by atoms with Crippen LogP contribution >= 0.6 is 0 Å². The van der Waals surface area contributed by atoms with E-state index in [1.54, 1.807) is 0 Å². The lowest BCUT2D eigenvalue weighted by atomic mass is 9.63. The molecule has 1 aliphatic heterocycles. The lowest BCUT2D eigenvalue weighted by molar-refractivity contribution is 0.212. The molecule has 0 unspecified atom stereocenters. The highest BCUT2D eigenvalue weighted by Gasteiger charge is 2.38. The standard InChI is InChI=1S/C17H26N2/c18-14-17(9-6-10-17)16-8-3-2-7-15(16)13-19-11-4-1-5-12-19/h2-3,7-8H,1,4-6,9-14,18H2. The largest absolute Gasteiger partial charge is 0.330 e. The number of nitrogens with two attached hydrogens (primary N) is 1. The van der Waals surface area contributed by atoms with Crippen LogP contribution in [0.4, 0.5) is 0 Å². The molecule has 0 aromatic heterocycles. The van der Waals surface area contributed by atoms with Crippen molar-refractivity contribution in [1.29, 1.82) is 0 Å². The first-order chi connectivity index (χ1) is 9.34. The molecule has 1 aromatic rings. The van der Waals surface area contributed by atoms with Gasteiger partial charge in [0.2, 0.25) is 0 Å². The van der Waals surface area contributed by atoms with E-state index in [9.17, 15) is 0 Å². The molecule has 1 heterocycles. The predicted molar refractivity (Wildman–Crippen MR) is 80.2 cm³/mol. The molecule has 1 saturated carbocycles. The minimum atomic E-state index is 0.298. The summed E-state index contributed by atoms with van der Waals surface area (Å²) in [7, 11) is 0. The summed E-state index contributed by atoms with van der Waals surface area (Å²) in [5.74, 6) is 0. The molecule has 0 atom stereocenters. The van der Waals surface area contributed by atoms with Crippen LogP contribution < -0.4 is 5.73 Å². The summed E-state index contributed by atoms with van der Waals surface area (Å²) in [6, 6.07) is 9.02. The maximum absolute atomic E-state index is 6.09.